The number of halogens is 1. The van der Waals surface area contributed by atoms with Crippen LogP contribution in [-0.4, -0.2) is 90.4 Å². The molecule has 3 heterocycles. The van der Waals surface area contributed by atoms with Crippen molar-refractivity contribution in [3.05, 3.63) is 90.5 Å². The molecule has 2 aromatic carbocycles. The van der Waals surface area contributed by atoms with Crippen LogP contribution in [0, 0.1) is 17.8 Å². The highest BCUT2D eigenvalue weighted by Gasteiger charge is 2.76. The summed E-state index contributed by atoms with van der Waals surface area (Å²) >= 11 is 6.18. The number of nitrogens with zero attached hydrogens (tertiary/aromatic N) is 2. The summed E-state index contributed by atoms with van der Waals surface area (Å²) in [5, 5.41) is 14.2. The highest BCUT2D eigenvalue weighted by Crippen LogP contribution is 2.59. The maximum Gasteiger partial charge on any atom is 0.313 e. The predicted molar refractivity (Wildman–Crippen MR) is 197 cm³/mol. The molecule has 280 valence electrons. The largest absolute Gasteiger partial charge is 0.455 e. The van der Waals surface area contributed by atoms with E-state index in [4.69, 9.17) is 25.8 Å². The van der Waals surface area contributed by atoms with Crippen molar-refractivity contribution in [2.24, 2.45) is 17.8 Å². The van der Waals surface area contributed by atoms with Crippen molar-refractivity contribution in [3.63, 3.8) is 0 Å². The molecule has 11 nitrogen and oxygen atoms in total. The molecule has 5 rings (SSSR count). The molecule has 0 unspecified atom stereocenters. The van der Waals surface area contributed by atoms with Crippen LogP contribution in [-0.2, 0) is 33.4 Å². The lowest BCUT2D eigenvalue weighted by molar-refractivity contribution is -0.163. The number of hydrogen-bond acceptors (Lipinski definition) is 8. The molecule has 3 amide bonds. The number of allylic oxidation sites excluding steroid dienone is 1. The molecule has 3 fully saturated rings. The van der Waals surface area contributed by atoms with Crippen LogP contribution in [0.2, 0.25) is 5.02 Å². The Hall–Kier alpha value is -4.03. The Bertz CT molecular complexity index is 1610. The van der Waals surface area contributed by atoms with Gasteiger partial charge in [-0.05, 0) is 55.0 Å². The SMILES string of the molecule is C=CCCC(=O)N[C@@H](COC)[C@@H](OC(=O)[C@@H]1[C@@H]2CC[C@]3(O2)[C@H](C(=O)N(CC=C)c2ccc(Cl)cc2)N([C@@H](CO)[C@@H](C)CC)C(=O)[C@@H]13)c1ccccc1. The van der Waals surface area contributed by atoms with Crippen LogP contribution in [0.25, 0.3) is 0 Å². The zero-order valence-electron chi connectivity index (χ0n) is 30.1. The topological polar surface area (TPSA) is 135 Å². The number of likely N-dealkylation sites (tertiary alicyclic amines) is 1. The van der Waals surface area contributed by atoms with E-state index in [1.54, 1.807) is 48.6 Å². The van der Waals surface area contributed by atoms with Crippen LogP contribution < -0.4 is 10.2 Å². The number of amides is 3. The molecule has 3 saturated heterocycles. The van der Waals surface area contributed by atoms with Gasteiger partial charge >= 0.3 is 5.97 Å². The van der Waals surface area contributed by atoms with E-state index in [-0.39, 0.29) is 38.0 Å². The van der Waals surface area contributed by atoms with Crippen molar-refractivity contribution in [3.8, 4) is 0 Å². The first-order valence-corrected chi connectivity index (χ1v) is 18.4. The molecule has 2 aromatic rings. The van der Waals surface area contributed by atoms with E-state index in [0.29, 0.717) is 42.0 Å². The minimum Gasteiger partial charge on any atom is -0.455 e. The number of carbonyl (C=O) groups excluding carboxylic acids is 4. The molecule has 0 aromatic heterocycles. The summed E-state index contributed by atoms with van der Waals surface area (Å²) in [5.74, 6) is -4.01. The van der Waals surface area contributed by atoms with Gasteiger partial charge in [-0.15, -0.1) is 13.2 Å². The third-order valence-corrected chi connectivity index (χ3v) is 11.1. The highest BCUT2D eigenvalue weighted by molar-refractivity contribution is 6.30. The first kappa shape index (κ1) is 39.2. The molecule has 2 N–H and O–H groups in total. The molecule has 52 heavy (non-hydrogen) atoms. The molecule has 9 atom stereocenters. The van der Waals surface area contributed by atoms with E-state index in [2.05, 4.69) is 18.5 Å². The van der Waals surface area contributed by atoms with Gasteiger partial charge in [0, 0.05) is 30.8 Å². The number of aliphatic hydroxyl groups is 1. The zero-order valence-corrected chi connectivity index (χ0v) is 30.9. The van der Waals surface area contributed by atoms with Gasteiger partial charge in [0.05, 0.1) is 43.2 Å². The predicted octanol–water partition coefficient (Wildman–Crippen LogP) is 5.02. The Labute approximate surface area is 310 Å². The lowest BCUT2D eigenvalue weighted by Gasteiger charge is -2.40. The third-order valence-electron chi connectivity index (χ3n) is 10.8. The van der Waals surface area contributed by atoms with Crippen LogP contribution in [0.4, 0.5) is 5.69 Å². The number of fused-ring (bicyclic) bond motifs is 1. The molecule has 1 spiro atoms. The van der Waals surface area contributed by atoms with Gasteiger partial charge in [0.25, 0.3) is 5.91 Å². The maximum absolute atomic E-state index is 14.9. The van der Waals surface area contributed by atoms with E-state index < -0.39 is 65.6 Å². The third kappa shape index (κ3) is 7.55. The Morgan fingerprint density at radius 1 is 1.15 bits per heavy atom. The van der Waals surface area contributed by atoms with Crippen LogP contribution in [0.15, 0.2) is 79.9 Å². The van der Waals surface area contributed by atoms with Gasteiger partial charge in [0.1, 0.15) is 17.7 Å². The summed E-state index contributed by atoms with van der Waals surface area (Å²) in [6.07, 6.45) is 3.70. The molecule has 3 aliphatic rings. The van der Waals surface area contributed by atoms with E-state index in [0.717, 1.165) is 0 Å². The summed E-state index contributed by atoms with van der Waals surface area (Å²) in [6, 6.07) is 13.3. The highest BCUT2D eigenvalue weighted by atomic mass is 35.5. The van der Waals surface area contributed by atoms with Gasteiger partial charge in [-0.3, -0.25) is 19.2 Å². The minimum atomic E-state index is -1.34. The molecule has 0 radical (unpaired) electrons. The van der Waals surface area contributed by atoms with Gasteiger partial charge in [-0.1, -0.05) is 74.4 Å². The Balaban J connectivity index is 1.54. The average Bonchev–Trinajstić information content (AvgIpc) is 3.80. The Morgan fingerprint density at radius 3 is 2.48 bits per heavy atom. The number of rotatable bonds is 18. The fourth-order valence-corrected chi connectivity index (χ4v) is 8.28. The first-order valence-electron chi connectivity index (χ1n) is 18.0. The smallest absolute Gasteiger partial charge is 0.313 e. The summed E-state index contributed by atoms with van der Waals surface area (Å²) in [6.45, 7) is 11.2. The summed E-state index contributed by atoms with van der Waals surface area (Å²) in [5.41, 5.74) is -0.157. The van der Waals surface area contributed by atoms with E-state index in [9.17, 15) is 24.3 Å². The summed E-state index contributed by atoms with van der Waals surface area (Å²) in [7, 11) is 1.50. The first-order chi connectivity index (χ1) is 25.1. The van der Waals surface area contributed by atoms with Crippen molar-refractivity contribution in [1.82, 2.24) is 10.2 Å². The number of anilines is 1. The second-order valence-corrected chi connectivity index (χ2v) is 14.3. The average molecular weight is 736 g/mol. The molecule has 0 aliphatic carbocycles. The van der Waals surface area contributed by atoms with E-state index in [1.165, 1.54) is 16.9 Å². The minimum absolute atomic E-state index is 0.0465. The van der Waals surface area contributed by atoms with Crippen molar-refractivity contribution >= 4 is 41.0 Å². The van der Waals surface area contributed by atoms with Gasteiger partial charge in [-0.2, -0.15) is 0 Å². The van der Waals surface area contributed by atoms with Gasteiger partial charge < -0.3 is 34.4 Å². The van der Waals surface area contributed by atoms with Gasteiger partial charge in [0.15, 0.2) is 0 Å². The Morgan fingerprint density at radius 2 is 1.87 bits per heavy atom. The Kier molecular flexibility index (Phi) is 13.0. The number of hydrogen-bond donors (Lipinski definition) is 2. The summed E-state index contributed by atoms with van der Waals surface area (Å²) in [4.78, 5) is 60.3. The number of benzene rings is 2. The van der Waals surface area contributed by atoms with Crippen LogP contribution in [0.5, 0.6) is 0 Å². The second kappa shape index (κ2) is 17.2. The quantitative estimate of drug-likeness (QED) is 0.161. The molecule has 2 bridgehead atoms. The maximum atomic E-state index is 14.9. The van der Waals surface area contributed by atoms with Crippen molar-refractivity contribution in [2.45, 2.75) is 81.9 Å². The van der Waals surface area contributed by atoms with Crippen LogP contribution in [0.3, 0.4) is 0 Å². The fourth-order valence-electron chi connectivity index (χ4n) is 8.16. The lowest BCUT2D eigenvalue weighted by atomic mass is 9.70. The standard InChI is InChI=1S/C40H50ClN3O8/c1-6-9-15-32(46)42-29(24-50-5)35(26-13-11-10-12-14-26)51-39(49)33-31-20-21-40(52-31)34(33)37(47)44(30(23-45)25(4)8-3)36(40)38(48)43(22-7-2)28-18-16-27(41)17-19-28/h6-7,10-14,16-19,25,29-31,33-36,45H,1-2,8-9,15,20-24H2,3-5H3,(H,42,46)/t25-,29-,30-,31-,33+,34+,35-,36-,40+/m0/s1. The number of carbonyl (C=O) groups is 4. The van der Waals surface area contributed by atoms with Gasteiger partial charge in [-0.25, -0.2) is 0 Å². The lowest BCUT2D eigenvalue weighted by Crippen LogP contribution is -2.60. The van der Waals surface area contributed by atoms with Crippen molar-refractivity contribution < 1.29 is 38.5 Å². The molecule has 12 heteroatoms. The van der Waals surface area contributed by atoms with E-state index >= 15 is 0 Å². The summed E-state index contributed by atoms with van der Waals surface area (Å²) < 4.78 is 18.5. The fraction of sp³-hybridized carbons (Fsp3) is 0.500. The van der Waals surface area contributed by atoms with Crippen molar-refractivity contribution in [1.29, 1.82) is 0 Å². The molecular weight excluding hydrogens is 686 g/mol. The van der Waals surface area contributed by atoms with Gasteiger partial charge in [0.2, 0.25) is 11.8 Å². The molecular formula is C40H50ClN3O8. The van der Waals surface area contributed by atoms with E-state index in [1.807, 2.05) is 32.0 Å². The second-order valence-electron chi connectivity index (χ2n) is 13.9. The molecule has 0 saturated carbocycles. The number of nitrogens with one attached hydrogen (secondary N) is 1. The van der Waals surface area contributed by atoms with Crippen molar-refractivity contribution in [2.75, 3.05) is 31.8 Å². The number of ether oxygens (including phenoxy) is 3. The van der Waals surface area contributed by atoms with Crippen LogP contribution >= 0.6 is 11.6 Å². The monoisotopic (exact) mass is 735 g/mol. The van der Waals surface area contributed by atoms with Crippen LogP contribution in [0.1, 0.15) is 57.6 Å². The number of methoxy groups -OCH3 is 1. The number of aliphatic hydroxyl groups excluding tert-OH is 1. The molecule has 3 aliphatic heterocycles. The number of esters is 1. The normalized spacial score (nSPS) is 25.5. The zero-order chi connectivity index (χ0) is 37.6.